The van der Waals surface area contributed by atoms with E-state index in [4.69, 9.17) is 11.6 Å². The van der Waals surface area contributed by atoms with Crippen LogP contribution in [-0.2, 0) is 17.8 Å². The van der Waals surface area contributed by atoms with E-state index in [1.807, 2.05) is 43.1 Å². The summed E-state index contributed by atoms with van der Waals surface area (Å²) >= 11 is 7.79. The summed E-state index contributed by atoms with van der Waals surface area (Å²) in [6, 6.07) is 5.82. The van der Waals surface area contributed by atoms with Crippen LogP contribution in [0.2, 0.25) is 5.02 Å². The number of benzene rings is 1. The molecule has 1 aliphatic heterocycles. The molecular formula is C20H23ClN8OS. The van der Waals surface area contributed by atoms with Crippen LogP contribution < -0.4 is 20.9 Å². The minimum absolute atomic E-state index is 0.0370. The Kier molecular flexibility index (Phi) is 6.47. The van der Waals surface area contributed by atoms with Gasteiger partial charge in [-0.25, -0.2) is 4.98 Å². The Morgan fingerprint density at radius 3 is 2.94 bits per heavy atom. The summed E-state index contributed by atoms with van der Waals surface area (Å²) < 4.78 is 0. The quantitative estimate of drug-likeness (QED) is 0.495. The van der Waals surface area contributed by atoms with Gasteiger partial charge in [-0.3, -0.25) is 10.1 Å². The Labute approximate surface area is 189 Å². The molecule has 0 unspecified atom stereocenters. The third-order valence-corrected chi connectivity index (χ3v) is 5.97. The number of thiazole rings is 1. The number of piperazine rings is 1. The van der Waals surface area contributed by atoms with Crippen molar-refractivity contribution in [2.75, 3.05) is 35.2 Å². The van der Waals surface area contributed by atoms with Crippen LogP contribution in [0, 0.1) is 6.92 Å². The van der Waals surface area contributed by atoms with Crippen molar-refractivity contribution >= 4 is 51.6 Å². The number of aryl methyl sites for hydroxylation is 2. The van der Waals surface area contributed by atoms with Crippen LogP contribution in [0.15, 0.2) is 24.4 Å². The van der Waals surface area contributed by atoms with Gasteiger partial charge in [-0.15, -0.1) is 0 Å². The van der Waals surface area contributed by atoms with E-state index >= 15 is 0 Å². The summed E-state index contributed by atoms with van der Waals surface area (Å²) in [5.74, 6) is 1.54. The highest BCUT2D eigenvalue weighted by molar-refractivity contribution is 7.15. The molecule has 162 valence electrons. The van der Waals surface area contributed by atoms with Gasteiger partial charge in [0.05, 0.1) is 23.8 Å². The zero-order valence-electron chi connectivity index (χ0n) is 17.3. The third kappa shape index (κ3) is 5.20. The van der Waals surface area contributed by atoms with Crippen molar-refractivity contribution in [2.24, 2.45) is 0 Å². The predicted octanol–water partition coefficient (Wildman–Crippen LogP) is 3.14. The molecule has 31 heavy (non-hydrogen) atoms. The second-order valence-corrected chi connectivity index (χ2v) is 8.56. The molecule has 1 fully saturated rings. The van der Waals surface area contributed by atoms with E-state index in [-0.39, 0.29) is 12.5 Å². The number of hydrogen-bond acceptors (Lipinski definition) is 9. The topological polar surface area (TPSA) is 108 Å². The first-order valence-electron chi connectivity index (χ1n) is 9.99. The first-order chi connectivity index (χ1) is 15.0. The molecule has 1 saturated heterocycles. The highest BCUT2D eigenvalue weighted by atomic mass is 35.5. The molecule has 1 amide bonds. The van der Waals surface area contributed by atoms with Crippen LogP contribution in [0.5, 0.6) is 0 Å². The molecule has 0 atom stereocenters. The van der Waals surface area contributed by atoms with Gasteiger partial charge in [-0.2, -0.15) is 15.0 Å². The van der Waals surface area contributed by atoms with Gasteiger partial charge in [0, 0.05) is 30.6 Å². The second kappa shape index (κ2) is 9.44. The number of hydrogen-bond donors (Lipinski definition) is 3. The van der Waals surface area contributed by atoms with Crippen molar-refractivity contribution in [3.63, 3.8) is 0 Å². The molecule has 2 aromatic heterocycles. The number of para-hydroxylation sites is 1. The van der Waals surface area contributed by atoms with E-state index in [1.54, 1.807) is 0 Å². The van der Waals surface area contributed by atoms with Crippen molar-refractivity contribution in [1.29, 1.82) is 0 Å². The second-order valence-electron chi connectivity index (χ2n) is 7.04. The van der Waals surface area contributed by atoms with E-state index in [1.165, 1.54) is 11.3 Å². The van der Waals surface area contributed by atoms with Crippen LogP contribution >= 0.6 is 22.9 Å². The van der Waals surface area contributed by atoms with Crippen LogP contribution in [0.25, 0.3) is 0 Å². The van der Waals surface area contributed by atoms with Crippen molar-refractivity contribution < 1.29 is 4.79 Å². The normalized spacial score (nSPS) is 13.8. The van der Waals surface area contributed by atoms with Crippen molar-refractivity contribution in [3.8, 4) is 0 Å². The largest absolute Gasteiger partial charge is 0.379 e. The lowest BCUT2D eigenvalue weighted by Gasteiger charge is -2.26. The molecule has 4 rings (SSSR count). The fourth-order valence-corrected chi connectivity index (χ4v) is 4.18. The molecule has 0 bridgehead atoms. The zero-order valence-corrected chi connectivity index (χ0v) is 18.8. The number of nitrogens with zero attached hydrogens (tertiary/aromatic N) is 5. The lowest BCUT2D eigenvalue weighted by Crippen LogP contribution is -2.48. The third-order valence-electron chi connectivity index (χ3n) is 4.74. The summed E-state index contributed by atoms with van der Waals surface area (Å²) in [6.45, 7) is 6.07. The lowest BCUT2D eigenvalue weighted by molar-refractivity contribution is -0.120. The van der Waals surface area contributed by atoms with Crippen LogP contribution in [0.1, 0.15) is 23.2 Å². The Bertz CT molecular complexity index is 1070. The SMILES string of the molecule is CCc1nc(Nc2ncc(CNc3c(C)cccc3Cl)s2)nc(N2CCNC(=O)C2)n1. The maximum absolute atomic E-state index is 11.7. The Morgan fingerprint density at radius 2 is 2.16 bits per heavy atom. The molecule has 0 spiro atoms. The molecule has 9 nitrogen and oxygen atoms in total. The minimum Gasteiger partial charge on any atom is -0.379 e. The summed E-state index contributed by atoms with van der Waals surface area (Å²) in [5.41, 5.74) is 2.01. The van der Waals surface area contributed by atoms with Gasteiger partial charge in [-0.05, 0) is 18.6 Å². The summed E-state index contributed by atoms with van der Waals surface area (Å²) in [5, 5.41) is 10.7. The Hall–Kier alpha value is -2.98. The summed E-state index contributed by atoms with van der Waals surface area (Å²) in [6.07, 6.45) is 2.47. The average Bonchev–Trinajstić information content (AvgIpc) is 3.20. The first kappa shape index (κ1) is 21.3. The number of rotatable bonds is 7. The number of carbonyl (C=O) groups is 1. The molecule has 1 aliphatic rings. The van der Waals surface area contributed by atoms with Crippen molar-refractivity contribution in [1.82, 2.24) is 25.3 Å². The molecule has 0 saturated carbocycles. The minimum atomic E-state index is -0.0370. The number of amides is 1. The highest BCUT2D eigenvalue weighted by Crippen LogP contribution is 2.27. The fraction of sp³-hybridized carbons (Fsp3) is 0.350. The Balaban J connectivity index is 1.46. The van der Waals surface area contributed by atoms with Gasteiger partial charge in [0.1, 0.15) is 5.82 Å². The van der Waals surface area contributed by atoms with Crippen molar-refractivity contribution in [3.05, 3.63) is 45.7 Å². The summed E-state index contributed by atoms with van der Waals surface area (Å²) in [4.78, 5) is 32.5. The Morgan fingerprint density at radius 1 is 1.29 bits per heavy atom. The molecule has 0 aliphatic carbocycles. The highest BCUT2D eigenvalue weighted by Gasteiger charge is 2.20. The smallest absolute Gasteiger partial charge is 0.239 e. The zero-order chi connectivity index (χ0) is 21.8. The van der Waals surface area contributed by atoms with Gasteiger partial charge in [0.25, 0.3) is 0 Å². The van der Waals surface area contributed by atoms with E-state index in [9.17, 15) is 4.79 Å². The number of nitrogens with one attached hydrogen (secondary N) is 3. The molecule has 1 aromatic carbocycles. The van der Waals surface area contributed by atoms with Crippen LogP contribution in [0.4, 0.5) is 22.7 Å². The maximum atomic E-state index is 11.7. The molecule has 0 radical (unpaired) electrons. The molecular weight excluding hydrogens is 436 g/mol. The first-order valence-corrected chi connectivity index (χ1v) is 11.2. The van der Waals surface area contributed by atoms with Gasteiger partial charge < -0.3 is 15.5 Å². The van der Waals surface area contributed by atoms with E-state index in [0.29, 0.717) is 53.9 Å². The number of aromatic nitrogens is 4. The molecule has 3 N–H and O–H groups in total. The van der Waals surface area contributed by atoms with Gasteiger partial charge in [0.2, 0.25) is 17.8 Å². The predicted molar refractivity (Wildman–Crippen MR) is 123 cm³/mol. The van der Waals surface area contributed by atoms with Crippen LogP contribution in [-0.4, -0.2) is 45.5 Å². The fourth-order valence-electron chi connectivity index (χ4n) is 3.15. The standard InChI is InChI=1S/C20H23ClN8OS/c1-3-15-25-18(27-19(26-15)29-8-7-22-16(30)11-29)28-20-24-10-13(31-20)9-23-17-12(2)5-4-6-14(17)21/h4-6,10,23H,3,7-9,11H2,1-2H3,(H,22,30)(H,24,25,26,27,28). The van der Waals surface area contributed by atoms with E-state index in [2.05, 4.69) is 35.9 Å². The number of anilines is 4. The molecule has 3 heterocycles. The van der Waals surface area contributed by atoms with Gasteiger partial charge >= 0.3 is 0 Å². The maximum Gasteiger partial charge on any atom is 0.239 e. The molecule has 11 heteroatoms. The van der Waals surface area contributed by atoms with E-state index < -0.39 is 0 Å². The molecule has 3 aromatic rings. The van der Waals surface area contributed by atoms with Gasteiger partial charge in [-0.1, -0.05) is 42.0 Å². The average molecular weight is 459 g/mol. The number of halogens is 1. The van der Waals surface area contributed by atoms with Gasteiger partial charge in [0.15, 0.2) is 5.13 Å². The van der Waals surface area contributed by atoms with Crippen molar-refractivity contribution in [2.45, 2.75) is 26.8 Å². The van der Waals surface area contributed by atoms with Crippen LogP contribution in [0.3, 0.4) is 0 Å². The monoisotopic (exact) mass is 458 g/mol. The number of carbonyl (C=O) groups excluding carboxylic acids is 1. The summed E-state index contributed by atoms with van der Waals surface area (Å²) in [7, 11) is 0. The lowest BCUT2D eigenvalue weighted by atomic mass is 10.2. The van der Waals surface area contributed by atoms with E-state index in [0.717, 1.165) is 16.1 Å².